The van der Waals surface area contributed by atoms with Crippen LogP contribution in [0.1, 0.15) is 58.3 Å². The van der Waals surface area contributed by atoms with Crippen molar-refractivity contribution in [2.24, 2.45) is 17.8 Å². The van der Waals surface area contributed by atoms with Gasteiger partial charge in [-0.15, -0.1) is 0 Å². The highest BCUT2D eigenvalue weighted by Crippen LogP contribution is 2.40. The van der Waals surface area contributed by atoms with Gasteiger partial charge in [0.15, 0.2) is 0 Å². The van der Waals surface area contributed by atoms with Crippen molar-refractivity contribution in [3.63, 3.8) is 0 Å². The monoisotopic (exact) mass is 237 g/mol. The molecule has 0 bridgehead atoms. The molecule has 3 atom stereocenters. The van der Waals surface area contributed by atoms with Gasteiger partial charge in [0.25, 0.3) is 0 Å². The molecule has 0 radical (unpaired) electrons. The van der Waals surface area contributed by atoms with Crippen LogP contribution in [0, 0.1) is 17.8 Å². The molecule has 0 aromatic rings. The maximum atomic E-state index is 11.8. The normalized spacial score (nSPS) is 32.4. The van der Waals surface area contributed by atoms with Crippen LogP contribution in [0.15, 0.2) is 0 Å². The standard InChI is InChI=1S/C14H23NO2/c1-2-3-4-5-7-10-8-6-9-11-12(10)14(17)15-13(11)16/h10-12H,2-9H2,1H3,(H,15,16,17). The van der Waals surface area contributed by atoms with E-state index in [9.17, 15) is 9.59 Å². The summed E-state index contributed by atoms with van der Waals surface area (Å²) in [5, 5.41) is 2.51. The molecule has 2 fully saturated rings. The van der Waals surface area contributed by atoms with Crippen LogP contribution in [0.2, 0.25) is 0 Å². The molecule has 0 aromatic heterocycles. The van der Waals surface area contributed by atoms with Gasteiger partial charge in [0.2, 0.25) is 11.8 Å². The Morgan fingerprint density at radius 3 is 2.71 bits per heavy atom. The molecule has 1 aliphatic carbocycles. The Morgan fingerprint density at radius 2 is 1.94 bits per heavy atom. The smallest absolute Gasteiger partial charge is 0.230 e. The highest BCUT2D eigenvalue weighted by Gasteiger charge is 2.47. The average Bonchev–Trinajstić information content (AvgIpc) is 2.62. The minimum absolute atomic E-state index is 0.000177. The fourth-order valence-electron chi connectivity index (χ4n) is 3.43. The lowest BCUT2D eigenvalue weighted by atomic mass is 9.71. The largest absolute Gasteiger partial charge is 0.296 e. The van der Waals surface area contributed by atoms with Crippen molar-refractivity contribution < 1.29 is 9.59 Å². The molecule has 1 heterocycles. The summed E-state index contributed by atoms with van der Waals surface area (Å²) in [6.45, 7) is 2.21. The Bertz CT molecular complexity index is 301. The van der Waals surface area contributed by atoms with Gasteiger partial charge in [0, 0.05) is 0 Å². The fourth-order valence-corrected chi connectivity index (χ4v) is 3.43. The van der Waals surface area contributed by atoms with Crippen LogP contribution in [0.3, 0.4) is 0 Å². The first-order valence-corrected chi connectivity index (χ1v) is 7.08. The summed E-state index contributed by atoms with van der Waals surface area (Å²) in [6.07, 6.45) is 9.29. The van der Waals surface area contributed by atoms with Gasteiger partial charge in [-0.3, -0.25) is 14.9 Å². The minimum atomic E-state index is -0.0155. The summed E-state index contributed by atoms with van der Waals surface area (Å²) < 4.78 is 0. The van der Waals surface area contributed by atoms with E-state index in [1.54, 1.807) is 0 Å². The summed E-state index contributed by atoms with van der Waals surface area (Å²) >= 11 is 0. The molecular weight excluding hydrogens is 214 g/mol. The molecular formula is C14H23NO2. The quantitative estimate of drug-likeness (QED) is 0.590. The Labute approximate surface area is 103 Å². The lowest BCUT2D eigenvalue weighted by Gasteiger charge is -2.30. The second-order valence-corrected chi connectivity index (χ2v) is 5.53. The summed E-state index contributed by atoms with van der Waals surface area (Å²) in [7, 11) is 0. The third-order valence-corrected chi connectivity index (χ3v) is 4.35. The zero-order valence-corrected chi connectivity index (χ0v) is 10.7. The molecule has 96 valence electrons. The molecule has 2 rings (SSSR count). The Balaban J connectivity index is 1.88. The Kier molecular flexibility index (Phi) is 4.19. The van der Waals surface area contributed by atoms with E-state index < -0.39 is 0 Å². The van der Waals surface area contributed by atoms with Crippen molar-refractivity contribution in [2.75, 3.05) is 0 Å². The lowest BCUT2D eigenvalue weighted by Crippen LogP contribution is -2.30. The first kappa shape index (κ1) is 12.6. The number of hydrogen-bond donors (Lipinski definition) is 1. The molecule has 2 aliphatic rings. The van der Waals surface area contributed by atoms with E-state index in [0.717, 1.165) is 25.7 Å². The van der Waals surface area contributed by atoms with Gasteiger partial charge >= 0.3 is 0 Å². The predicted molar refractivity (Wildman–Crippen MR) is 66.2 cm³/mol. The van der Waals surface area contributed by atoms with Crippen molar-refractivity contribution in [1.29, 1.82) is 0 Å². The SMILES string of the molecule is CCCCCCC1CCCC2C(=O)NC(=O)C12. The third-order valence-electron chi connectivity index (χ3n) is 4.35. The molecule has 0 aromatic carbocycles. The molecule has 2 amide bonds. The maximum absolute atomic E-state index is 11.8. The molecule has 3 heteroatoms. The number of hydrogen-bond acceptors (Lipinski definition) is 2. The van der Waals surface area contributed by atoms with Gasteiger partial charge in [-0.2, -0.15) is 0 Å². The van der Waals surface area contributed by atoms with E-state index >= 15 is 0 Å². The zero-order valence-electron chi connectivity index (χ0n) is 10.7. The summed E-state index contributed by atoms with van der Waals surface area (Å²) in [4.78, 5) is 23.4. The van der Waals surface area contributed by atoms with E-state index in [2.05, 4.69) is 12.2 Å². The summed E-state index contributed by atoms with van der Waals surface area (Å²) in [5.74, 6) is 0.431. The number of carbonyl (C=O) groups excluding carboxylic acids is 2. The molecule has 0 spiro atoms. The molecule has 3 nitrogen and oxygen atoms in total. The van der Waals surface area contributed by atoms with E-state index in [1.165, 1.54) is 25.7 Å². The van der Waals surface area contributed by atoms with Crippen molar-refractivity contribution in [1.82, 2.24) is 5.32 Å². The second-order valence-electron chi connectivity index (χ2n) is 5.53. The Hall–Kier alpha value is -0.860. The van der Waals surface area contributed by atoms with Crippen molar-refractivity contribution in [3.8, 4) is 0 Å². The average molecular weight is 237 g/mol. The minimum Gasteiger partial charge on any atom is -0.296 e. The molecule has 1 N–H and O–H groups in total. The molecule has 3 unspecified atom stereocenters. The van der Waals surface area contributed by atoms with Crippen LogP contribution in [0.4, 0.5) is 0 Å². The molecule has 1 saturated carbocycles. The van der Waals surface area contributed by atoms with Crippen molar-refractivity contribution in [3.05, 3.63) is 0 Å². The molecule has 1 aliphatic heterocycles. The van der Waals surface area contributed by atoms with Crippen LogP contribution < -0.4 is 5.32 Å². The topological polar surface area (TPSA) is 46.2 Å². The second kappa shape index (κ2) is 5.65. The predicted octanol–water partition coefficient (Wildman–Crippen LogP) is 2.65. The van der Waals surface area contributed by atoms with E-state index in [4.69, 9.17) is 0 Å². The Morgan fingerprint density at radius 1 is 1.12 bits per heavy atom. The van der Waals surface area contributed by atoms with Crippen LogP contribution in [-0.4, -0.2) is 11.8 Å². The van der Waals surface area contributed by atoms with Gasteiger partial charge in [-0.05, 0) is 25.2 Å². The lowest BCUT2D eigenvalue weighted by molar-refractivity contribution is -0.126. The number of rotatable bonds is 5. The number of unbranched alkanes of at least 4 members (excludes halogenated alkanes) is 3. The molecule has 17 heavy (non-hydrogen) atoms. The summed E-state index contributed by atoms with van der Waals surface area (Å²) in [6, 6.07) is 0. The van der Waals surface area contributed by atoms with E-state index in [0.29, 0.717) is 5.92 Å². The molecule has 1 saturated heterocycles. The maximum Gasteiger partial charge on any atom is 0.230 e. The van der Waals surface area contributed by atoms with Crippen molar-refractivity contribution >= 4 is 11.8 Å². The first-order chi connectivity index (χ1) is 8.24. The number of carbonyl (C=O) groups is 2. The highest BCUT2D eigenvalue weighted by atomic mass is 16.2. The number of amides is 2. The van der Waals surface area contributed by atoms with Crippen LogP contribution in [0.25, 0.3) is 0 Å². The third kappa shape index (κ3) is 2.70. The van der Waals surface area contributed by atoms with Gasteiger partial charge in [-0.25, -0.2) is 0 Å². The van der Waals surface area contributed by atoms with Crippen LogP contribution in [0.5, 0.6) is 0 Å². The number of nitrogens with one attached hydrogen (secondary N) is 1. The van der Waals surface area contributed by atoms with Crippen molar-refractivity contribution in [2.45, 2.75) is 58.3 Å². The highest BCUT2D eigenvalue weighted by molar-refractivity contribution is 6.05. The van der Waals surface area contributed by atoms with Crippen LogP contribution in [-0.2, 0) is 9.59 Å². The number of fused-ring (bicyclic) bond motifs is 1. The first-order valence-electron chi connectivity index (χ1n) is 7.08. The van der Waals surface area contributed by atoms with Gasteiger partial charge < -0.3 is 0 Å². The summed E-state index contributed by atoms with van der Waals surface area (Å²) in [5.41, 5.74) is 0. The van der Waals surface area contributed by atoms with E-state index in [-0.39, 0.29) is 23.7 Å². The van der Waals surface area contributed by atoms with Crippen LogP contribution >= 0.6 is 0 Å². The zero-order chi connectivity index (χ0) is 12.3. The number of imide groups is 1. The van der Waals surface area contributed by atoms with Gasteiger partial charge in [0.05, 0.1) is 11.8 Å². The van der Waals surface area contributed by atoms with E-state index in [1.807, 2.05) is 0 Å². The fraction of sp³-hybridized carbons (Fsp3) is 0.857. The van der Waals surface area contributed by atoms with Gasteiger partial charge in [-0.1, -0.05) is 39.0 Å². The van der Waals surface area contributed by atoms with Gasteiger partial charge in [0.1, 0.15) is 0 Å².